The monoisotopic (exact) mass is 346 g/mol. The molecule has 1 aromatic rings. The van der Waals surface area contributed by atoms with Crippen LogP contribution in [-0.4, -0.2) is 53.0 Å². The first-order chi connectivity index (χ1) is 10.2. The Labute approximate surface area is 140 Å². The lowest BCUT2D eigenvalue weighted by molar-refractivity contribution is -0.140. The second-order valence-corrected chi connectivity index (χ2v) is 6.21. The number of benzene rings is 1. The number of amides is 1. The maximum absolute atomic E-state index is 12.2. The molecule has 0 aliphatic rings. The Balaban J connectivity index is 2.67. The van der Waals surface area contributed by atoms with Crippen molar-refractivity contribution in [3.8, 4) is 0 Å². The highest BCUT2D eigenvalue weighted by Gasteiger charge is 2.19. The Bertz CT molecular complexity index is 550. The zero-order chi connectivity index (χ0) is 16.9. The van der Waals surface area contributed by atoms with Gasteiger partial charge in [0.1, 0.15) is 0 Å². The number of carboxylic acid groups (broad SMARTS) is 1. The number of likely N-dealkylation sites (N-methyl/N-ethyl adjacent to an activating group) is 1. The van der Waals surface area contributed by atoms with Crippen LogP contribution in [0, 0.1) is 0 Å². The number of rotatable bonds is 7. The van der Waals surface area contributed by atoms with Gasteiger partial charge in [0.15, 0.2) is 0 Å². The van der Waals surface area contributed by atoms with E-state index in [9.17, 15) is 9.59 Å². The molecule has 0 bridgehead atoms. The minimum atomic E-state index is -0.950. The lowest BCUT2D eigenvalue weighted by atomic mass is 10.2. The predicted molar refractivity (Wildman–Crippen MR) is 87.3 cm³/mol. The van der Waals surface area contributed by atoms with E-state index in [4.69, 9.17) is 28.3 Å². The van der Waals surface area contributed by atoms with E-state index in [0.29, 0.717) is 16.6 Å². The van der Waals surface area contributed by atoms with E-state index < -0.39 is 5.97 Å². The Morgan fingerprint density at radius 2 is 1.82 bits per heavy atom. The van der Waals surface area contributed by atoms with Crippen LogP contribution in [0.25, 0.3) is 0 Å². The first kappa shape index (κ1) is 18.7. The van der Waals surface area contributed by atoms with Gasteiger partial charge in [-0.3, -0.25) is 14.5 Å². The van der Waals surface area contributed by atoms with Crippen LogP contribution in [0.15, 0.2) is 18.2 Å². The summed E-state index contributed by atoms with van der Waals surface area (Å²) in [7, 11) is 1.67. The minimum absolute atomic E-state index is 0.0292. The molecule has 7 heteroatoms. The summed E-state index contributed by atoms with van der Waals surface area (Å²) in [4.78, 5) is 26.2. The van der Waals surface area contributed by atoms with Crippen LogP contribution in [0.1, 0.15) is 19.4 Å². The molecule has 1 rings (SSSR count). The summed E-state index contributed by atoms with van der Waals surface area (Å²) < 4.78 is 0. The Morgan fingerprint density at radius 1 is 1.18 bits per heavy atom. The van der Waals surface area contributed by atoms with Crippen molar-refractivity contribution in [2.45, 2.75) is 26.4 Å². The molecule has 0 atom stereocenters. The Morgan fingerprint density at radius 3 is 2.32 bits per heavy atom. The van der Waals surface area contributed by atoms with Crippen molar-refractivity contribution < 1.29 is 14.7 Å². The van der Waals surface area contributed by atoms with Gasteiger partial charge < -0.3 is 10.0 Å². The molecular weight excluding hydrogens is 327 g/mol. The molecule has 1 aromatic carbocycles. The zero-order valence-electron chi connectivity index (χ0n) is 12.8. The Kier molecular flexibility index (Phi) is 7.13. The van der Waals surface area contributed by atoms with Crippen molar-refractivity contribution >= 4 is 35.1 Å². The van der Waals surface area contributed by atoms with Crippen LogP contribution in [0.5, 0.6) is 0 Å². The highest BCUT2D eigenvalue weighted by Crippen LogP contribution is 2.23. The van der Waals surface area contributed by atoms with E-state index in [0.717, 1.165) is 5.56 Å². The van der Waals surface area contributed by atoms with Gasteiger partial charge in [-0.15, -0.1) is 0 Å². The van der Waals surface area contributed by atoms with Crippen molar-refractivity contribution in [1.82, 2.24) is 9.80 Å². The molecule has 0 spiro atoms. The molecule has 0 fully saturated rings. The topological polar surface area (TPSA) is 60.9 Å². The van der Waals surface area contributed by atoms with Crippen molar-refractivity contribution in [3.05, 3.63) is 33.8 Å². The van der Waals surface area contributed by atoms with Crippen molar-refractivity contribution in [2.24, 2.45) is 0 Å². The summed E-state index contributed by atoms with van der Waals surface area (Å²) in [5.41, 5.74) is 0.861. The highest BCUT2D eigenvalue weighted by atomic mass is 35.5. The van der Waals surface area contributed by atoms with Gasteiger partial charge in [-0.2, -0.15) is 0 Å². The van der Waals surface area contributed by atoms with Crippen LogP contribution in [0.3, 0.4) is 0 Å². The summed E-state index contributed by atoms with van der Waals surface area (Å²) in [6, 6.07) is 5.17. The Hall–Kier alpha value is -1.30. The van der Waals surface area contributed by atoms with E-state index in [1.54, 1.807) is 30.1 Å². The van der Waals surface area contributed by atoms with Gasteiger partial charge in [0.2, 0.25) is 5.91 Å². The molecule has 1 N–H and O–H groups in total. The summed E-state index contributed by atoms with van der Waals surface area (Å²) >= 11 is 11.8. The summed E-state index contributed by atoms with van der Waals surface area (Å²) in [5.74, 6) is -1.10. The molecule has 0 aliphatic heterocycles. The molecule has 0 aromatic heterocycles. The molecule has 0 saturated carbocycles. The number of carboxylic acids is 1. The molecule has 0 aliphatic carbocycles. The fourth-order valence-corrected chi connectivity index (χ4v) is 2.21. The number of carbonyl (C=O) groups is 2. The smallest absolute Gasteiger partial charge is 0.317 e. The fourth-order valence-electron chi connectivity index (χ4n) is 1.89. The molecule has 22 heavy (non-hydrogen) atoms. The molecule has 0 saturated heterocycles. The normalized spacial score (nSPS) is 11.0. The van der Waals surface area contributed by atoms with E-state index in [1.165, 1.54) is 4.90 Å². The van der Waals surface area contributed by atoms with Crippen LogP contribution in [0.2, 0.25) is 10.0 Å². The van der Waals surface area contributed by atoms with E-state index in [1.807, 2.05) is 13.8 Å². The average molecular weight is 347 g/mol. The third kappa shape index (κ3) is 5.83. The second kappa shape index (κ2) is 8.36. The zero-order valence-corrected chi connectivity index (χ0v) is 14.4. The lowest BCUT2D eigenvalue weighted by Crippen LogP contribution is -2.43. The van der Waals surface area contributed by atoms with Crippen molar-refractivity contribution in [2.75, 3.05) is 20.1 Å². The molecular formula is C15H20Cl2N2O3. The molecule has 0 radical (unpaired) electrons. The fraction of sp³-hybridized carbons (Fsp3) is 0.467. The summed E-state index contributed by atoms with van der Waals surface area (Å²) in [6.07, 6.45) is 0. The number of nitrogens with zero attached hydrogens (tertiary/aromatic N) is 2. The van der Waals surface area contributed by atoms with Gasteiger partial charge in [-0.1, -0.05) is 29.3 Å². The number of halogens is 2. The van der Waals surface area contributed by atoms with E-state index in [2.05, 4.69) is 0 Å². The first-order valence-corrected chi connectivity index (χ1v) is 7.60. The van der Waals surface area contributed by atoms with Gasteiger partial charge >= 0.3 is 5.97 Å². The number of hydrogen-bond acceptors (Lipinski definition) is 3. The van der Waals surface area contributed by atoms with E-state index >= 15 is 0 Å². The second-order valence-electron chi connectivity index (χ2n) is 5.39. The van der Waals surface area contributed by atoms with Crippen molar-refractivity contribution in [1.29, 1.82) is 0 Å². The minimum Gasteiger partial charge on any atom is -0.480 e. The highest BCUT2D eigenvalue weighted by molar-refractivity contribution is 6.42. The largest absolute Gasteiger partial charge is 0.480 e. The lowest BCUT2D eigenvalue weighted by Gasteiger charge is -2.26. The molecule has 0 heterocycles. The van der Waals surface area contributed by atoms with Crippen LogP contribution in [-0.2, 0) is 16.1 Å². The van der Waals surface area contributed by atoms with Gasteiger partial charge in [0.25, 0.3) is 0 Å². The van der Waals surface area contributed by atoms with Crippen LogP contribution < -0.4 is 0 Å². The summed E-state index contributed by atoms with van der Waals surface area (Å²) in [5, 5.41) is 9.79. The standard InChI is InChI=1S/C15H20Cl2N2O3/c1-10(2)19(9-15(21)22)8-14(20)18(3)7-11-4-5-12(16)13(17)6-11/h4-6,10H,7-9H2,1-3H3,(H,21,22). The number of aliphatic carboxylic acids is 1. The maximum atomic E-state index is 12.2. The van der Waals surface area contributed by atoms with Gasteiger partial charge in [-0.05, 0) is 31.5 Å². The maximum Gasteiger partial charge on any atom is 0.317 e. The molecule has 122 valence electrons. The first-order valence-electron chi connectivity index (χ1n) is 6.84. The van der Waals surface area contributed by atoms with Crippen LogP contribution >= 0.6 is 23.2 Å². The molecule has 0 unspecified atom stereocenters. The van der Waals surface area contributed by atoms with Crippen molar-refractivity contribution in [3.63, 3.8) is 0 Å². The van der Waals surface area contributed by atoms with Gasteiger partial charge in [-0.25, -0.2) is 0 Å². The third-order valence-corrected chi connectivity index (χ3v) is 3.98. The third-order valence-electron chi connectivity index (χ3n) is 3.24. The van der Waals surface area contributed by atoms with Crippen LogP contribution in [0.4, 0.5) is 0 Å². The number of hydrogen-bond donors (Lipinski definition) is 1. The van der Waals surface area contributed by atoms with Gasteiger partial charge in [0, 0.05) is 19.6 Å². The SMILES string of the molecule is CC(C)N(CC(=O)O)CC(=O)N(C)Cc1ccc(Cl)c(Cl)c1. The predicted octanol–water partition coefficient (Wildman–Crippen LogP) is 2.75. The average Bonchev–Trinajstić information content (AvgIpc) is 2.41. The number of carbonyl (C=O) groups excluding carboxylic acids is 1. The van der Waals surface area contributed by atoms with Gasteiger partial charge in [0.05, 0.1) is 23.1 Å². The van der Waals surface area contributed by atoms with E-state index in [-0.39, 0.29) is 25.0 Å². The summed E-state index contributed by atoms with van der Waals surface area (Å²) in [6.45, 7) is 3.99. The molecule has 1 amide bonds. The molecule has 5 nitrogen and oxygen atoms in total. The quantitative estimate of drug-likeness (QED) is 0.824.